The second kappa shape index (κ2) is 5.10. The fourth-order valence-electron chi connectivity index (χ4n) is 1.50. The van der Waals surface area contributed by atoms with Crippen LogP contribution >= 0.6 is 11.6 Å². The molecular formula is C11H11ClN2O4S. The molecule has 0 atom stereocenters. The van der Waals surface area contributed by atoms with Crippen LogP contribution in [-0.4, -0.2) is 31.8 Å². The van der Waals surface area contributed by atoms with E-state index in [4.69, 9.17) is 21.1 Å². The van der Waals surface area contributed by atoms with Gasteiger partial charge in [-0.3, -0.25) is 0 Å². The summed E-state index contributed by atoms with van der Waals surface area (Å²) in [5, 5.41) is 3.92. The molecule has 102 valence electrons. The van der Waals surface area contributed by atoms with Crippen LogP contribution in [0.5, 0.6) is 11.5 Å². The Hall–Kier alpha value is -1.73. The molecule has 0 bridgehead atoms. The van der Waals surface area contributed by atoms with E-state index >= 15 is 0 Å². The second-order valence-electron chi connectivity index (χ2n) is 3.55. The lowest BCUT2D eigenvalue weighted by molar-refractivity contribution is 0.392. The van der Waals surface area contributed by atoms with Crippen molar-refractivity contribution in [1.29, 1.82) is 0 Å². The van der Waals surface area contributed by atoms with Crippen molar-refractivity contribution in [3.63, 3.8) is 0 Å². The zero-order valence-electron chi connectivity index (χ0n) is 10.2. The van der Waals surface area contributed by atoms with Crippen molar-refractivity contribution in [1.82, 2.24) is 9.19 Å². The fourth-order valence-corrected chi connectivity index (χ4v) is 2.99. The van der Waals surface area contributed by atoms with E-state index in [9.17, 15) is 8.42 Å². The van der Waals surface area contributed by atoms with Crippen LogP contribution in [0.1, 0.15) is 0 Å². The van der Waals surface area contributed by atoms with Gasteiger partial charge in [-0.25, -0.2) is 0 Å². The molecule has 1 aromatic heterocycles. The lowest BCUT2D eigenvalue weighted by Gasteiger charge is -2.10. The highest BCUT2D eigenvalue weighted by Gasteiger charge is 2.23. The molecule has 19 heavy (non-hydrogen) atoms. The minimum atomic E-state index is -3.88. The summed E-state index contributed by atoms with van der Waals surface area (Å²) < 4.78 is 35.7. The van der Waals surface area contributed by atoms with E-state index in [2.05, 4.69) is 5.10 Å². The number of hydrogen-bond acceptors (Lipinski definition) is 5. The first kappa shape index (κ1) is 13.7. The Morgan fingerprint density at radius 2 is 2.00 bits per heavy atom. The van der Waals surface area contributed by atoms with Crippen molar-refractivity contribution >= 4 is 21.6 Å². The highest BCUT2D eigenvalue weighted by molar-refractivity contribution is 7.90. The molecule has 0 spiro atoms. The van der Waals surface area contributed by atoms with Crippen LogP contribution in [0.2, 0.25) is 5.02 Å². The van der Waals surface area contributed by atoms with E-state index in [1.165, 1.54) is 38.7 Å². The summed E-state index contributed by atoms with van der Waals surface area (Å²) in [5.74, 6) is 0.602. The van der Waals surface area contributed by atoms with Gasteiger partial charge in [0.25, 0.3) is 10.0 Å². The van der Waals surface area contributed by atoms with Gasteiger partial charge in [-0.1, -0.05) is 11.6 Å². The summed E-state index contributed by atoms with van der Waals surface area (Å²) in [4.78, 5) is -0.0471. The number of benzene rings is 1. The molecule has 0 saturated heterocycles. The van der Waals surface area contributed by atoms with Gasteiger partial charge in [0.1, 0.15) is 16.4 Å². The number of nitrogens with zero attached hydrogens (tertiary/aromatic N) is 2. The van der Waals surface area contributed by atoms with E-state index in [0.717, 1.165) is 4.09 Å². The van der Waals surface area contributed by atoms with Crippen LogP contribution < -0.4 is 9.47 Å². The van der Waals surface area contributed by atoms with Gasteiger partial charge in [0, 0.05) is 6.07 Å². The Labute approximate surface area is 115 Å². The van der Waals surface area contributed by atoms with Gasteiger partial charge in [0.15, 0.2) is 0 Å². The molecule has 0 N–H and O–H groups in total. The maximum atomic E-state index is 12.4. The highest BCUT2D eigenvalue weighted by atomic mass is 35.5. The van der Waals surface area contributed by atoms with Crippen molar-refractivity contribution < 1.29 is 17.9 Å². The molecule has 0 radical (unpaired) electrons. The van der Waals surface area contributed by atoms with Crippen LogP contribution in [0.25, 0.3) is 0 Å². The van der Waals surface area contributed by atoms with E-state index in [1.54, 1.807) is 6.07 Å². The average Bonchev–Trinajstić information content (AvgIpc) is 2.85. The van der Waals surface area contributed by atoms with Crippen LogP contribution in [0.15, 0.2) is 35.5 Å². The third kappa shape index (κ3) is 2.52. The number of ether oxygens (including phenoxy) is 2. The first-order valence-electron chi connectivity index (χ1n) is 5.17. The molecule has 0 saturated carbocycles. The topological polar surface area (TPSA) is 70.4 Å². The lowest BCUT2D eigenvalue weighted by Crippen LogP contribution is -2.14. The van der Waals surface area contributed by atoms with E-state index in [0.29, 0.717) is 5.75 Å². The van der Waals surface area contributed by atoms with E-state index < -0.39 is 10.0 Å². The zero-order valence-corrected chi connectivity index (χ0v) is 11.8. The summed E-state index contributed by atoms with van der Waals surface area (Å²) >= 11 is 5.68. The second-order valence-corrected chi connectivity index (χ2v) is 5.75. The molecule has 6 nitrogen and oxygen atoms in total. The van der Waals surface area contributed by atoms with Gasteiger partial charge in [-0.2, -0.15) is 17.6 Å². The predicted octanol–water partition coefficient (Wildman–Crippen LogP) is 1.79. The number of hydrogen-bond donors (Lipinski definition) is 0. The van der Waals surface area contributed by atoms with Gasteiger partial charge in [0.2, 0.25) is 0 Å². The molecule has 0 unspecified atom stereocenters. The predicted molar refractivity (Wildman–Crippen MR) is 69.4 cm³/mol. The number of halogens is 1. The highest BCUT2D eigenvalue weighted by Crippen LogP contribution is 2.29. The van der Waals surface area contributed by atoms with Crippen LogP contribution in [0.3, 0.4) is 0 Å². The normalized spacial score (nSPS) is 11.3. The summed E-state index contributed by atoms with van der Waals surface area (Å²) in [6.45, 7) is 0. The minimum Gasteiger partial charge on any atom is -0.497 e. The van der Waals surface area contributed by atoms with Gasteiger partial charge >= 0.3 is 0 Å². The number of methoxy groups -OCH3 is 2. The van der Waals surface area contributed by atoms with E-state index in [1.807, 2.05) is 0 Å². The van der Waals surface area contributed by atoms with Gasteiger partial charge in [0.05, 0.1) is 31.6 Å². The maximum Gasteiger partial charge on any atom is 0.286 e. The van der Waals surface area contributed by atoms with E-state index in [-0.39, 0.29) is 15.7 Å². The first-order valence-corrected chi connectivity index (χ1v) is 6.98. The summed E-state index contributed by atoms with van der Waals surface area (Å²) in [7, 11) is -1.04. The number of aromatic nitrogens is 2. The molecule has 0 aliphatic heterocycles. The SMILES string of the molecule is COc1ccc(OC)c(S(=O)(=O)n2cc(Cl)cn2)c1. The summed E-state index contributed by atoms with van der Waals surface area (Å²) in [6.07, 6.45) is 2.45. The van der Waals surface area contributed by atoms with Crippen molar-refractivity contribution in [2.45, 2.75) is 4.90 Å². The van der Waals surface area contributed by atoms with Gasteiger partial charge in [-0.15, -0.1) is 0 Å². The van der Waals surface area contributed by atoms with Crippen molar-refractivity contribution in [2.75, 3.05) is 14.2 Å². The average molecular weight is 303 g/mol. The standard InChI is InChI=1S/C11H11ClN2O4S/c1-17-9-3-4-10(18-2)11(5-9)19(15,16)14-7-8(12)6-13-14/h3-7H,1-2H3. The molecule has 8 heteroatoms. The van der Waals surface area contributed by atoms with Gasteiger partial charge in [-0.05, 0) is 12.1 Å². The van der Waals surface area contributed by atoms with Crippen molar-refractivity contribution in [3.05, 3.63) is 35.6 Å². The molecule has 0 aliphatic carbocycles. The molecule has 1 aromatic carbocycles. The maximum absolute atomic E-state index is 12.4. The first-order chi connectivity index (χ1) is 8.98. The molecule has 2 aromatic rings. The quantitative estimate of drug-likeness (QED) is 0.861. The largest absolute Gasteiger partial charge is 0.497 e. The monoisotopic (exact) mass is 302 g/mol. The third-order valence-corrected chi connectivity index (χ3v) is 4.19. The zero-order chi connectivity index (χ0) is 14.0. The van der Waals surface area contributed by atoms with Crippen LogP contribution in [0.4, 0.5) is 0 Å². The molecule has 0 aliphatic rings. The summed E-state index contributed by atoms with van der Waals surface area (Å²) in [5.41, 5.74) is 0. The third-order valence-electron chi connectivity index (χ3n) is 2.42. The minimum absolute atomic E-state index is 0.0471. The summed E-state index contributed by atoms with van der Waals surface area (Å²) in [6, 6.07) is 4.48. The van der Waals surface area contributed by atoms with Crippen LogP contribution in [-0.2, 0) is 10.0 Å². The van der Waals surface area contributed by atoms with Crippen LogP contribution in [0, 0.1) is 0 Å². The Morgan fingerprint density at radius 3 is 2.53 bits per heavy atom. The smallest absolute Gasteiger partial charge is 0.286 e. The molecule has 1 heterocycles. The Bertz CT molecular complexity index is 696. The number of rotatable bonds is 4. The van der Waals surface area contributed by atoms with Crippen molar-refractivity contribution in [2.24, 2.45) is 0 Å². The molecule has 0 amide bonds. The van der Waals surface area contributed by atoms with Crippen molar-refractivity contribution in [3.8, 4) is 11.5 Å². The Morgan fingerprint density at radius 1 is 1.26 bits per heavy atom. The fraction of sp³-hybridized carbons (Fsp3) is 0.182. The Balaban J connectivity index is 2.62. The van der Waals surface area contributed by atoms with Gasteiger partial charge < -0.3 is 9.47 Å². The molecule has 0 fully saturated rings. The molecule has 2 rings (SSSR count). The Kier molecular flexibility index (Phi) is 3.68. The lowest BCUT2D eigenvalue weighted by atomic mass is 10.3. The molecular weight excluding hydrogens is 292 g/mol.